The third kappa shape index (κ3) is 1.62. The molecular weight excluding hydrogens is 247 g/mol. The van der Waals surface area contributed by atoms with Crippen molar-refractivity contribution in [1.82, 2.24) is 9.78 Å². The summed E-state index contributed by atoms with van der Waals surface area (Å²) in [5, 5.41) is 12.3. The molecule has 0 amide bonds. The predicted molar refractivity (Wildman–Crippen MR) is 57.0 cm³/mol. The summed E-state index contributed by atoms with van der Waals surface area (Å²) in [6.45, 7) is 0. The van der Waals surface area contributed by atoms with Gasteiger partial charge in [-0.1, -0.05) is 0 Å². The topological polar surface area (TPSA) is 93.6 Å². The van der Waals surface area contributed by atoms with E-state index in [9.17, 15) is 13.2 Å². The summed E-state index contributed by atoms with van der Waals surface area (Å²) in [7, 11) is 0. The Morgan fingerprint density at radius 2 is 1.72 bits per heavy atom. The van der Waals surface area contributed by atoms with Crippen LogP contribution in [-0.2, 0) is 0 Å². The highest BCUT2D eigenvalue weighted by atomic mass is 19.2. The van der Waals surface area contributed by atoms with Crippen LogP contribution in [0.25, 0.3) is 5.69 Å². The number of anilines is 2. The normalized spacial score (nSPS) is 10.3. The molecule has 0 spiro atoms. The van der Waals surface area contributed by atoms with E-state index in [-0.39, 0.29) is 17.2 Å². The molecule has 0 bridgehead atoms. The van der Waals surface area contributed by atoms with E-state index in [4.69, 9.17) is 16.7 Å². The van der Waals surface area contributed by atoms with E-state index in [1.54, 1.807) is 6.07 Å². The lowest BCUT2D eigenvalue weighted by Crippen LogP contribution is -2.06. The molecule has 0 aliphatic heterocycles. The second kappa shape index (κ2) is 3.96. The lowest BCUT2D eigenvalue weighted by Gasteiger charge is -2.05. The Morgan fingerprint density at radius 3 is 2.28 bits per heavy atom. The lowest BCUT2D eigenvalue weighted by molar-refractivity contribution is 0.491. The molecule has 0 aliphatic carbocycles. The smallest absolute Gasteiger partial charge is 0.166 e. The Kier molecular flexibility index (Phi) is 2.59. The molecule has 1 aromatic carbocycles. The number of nitriles is 1. The van der Waals surface area contributed by atoms with E-state index in [1.165, 1.54) is 0 Å². The minimum Gasteiger partial charge on any atom is -0.382 e. The van der Waals surface area contributed by atoms with Crippen molar-refractivity contribution in [3.63, 3.8) is 0 Å². The molecule has 2 rings (SSSR count). The average molecular weight is 253 g/mol. The molecular formula is C10H6F3N5. The number of aromatic nitrogens is 2. The van der Waals surface area contributed by atoms with Gasteiger partial charge in [0.05, 0.1) is 0 Å². The number of halogens is 3. The first-order valence-corrected chi connectivity index (χ1v) is 4.64. The van der Waals surface area contributed by atoms with Gasteiger partial charge in [-0.2, -0.15) is 5.26 Å². The van der Waals surface area contributed by atoms with E-state index < -0.39 is 23.1 Å². The van der Waals surface area contributed by atoms with Crippen molar-refractivity contribution in [3.05, 3.63) is 35.1 Å². The Labute approximate surface area is 99.0 Å². The van der Waals surface area contributed by atoms with Crippen molar-refractivity contribution in [2.45, 2.75) is 0 Å². The zero-order valence-electron chi connectivity index (χ0n) is 8.78. The fourth-order valence-corrected chi connectivity index (χ4v) is 1.42. The van der Waals surface area contributed by atoms with Crippen LogP contribution in [0.4, 0.5) is 24.8 Å². The molecule has 0 saturated heterocycles. The minimum atomic E-state index is -1.34. The van der Waals surface area contributed by atoms with Crippen LogP contribution in [0.5, 0.6) is 0 Å². The standard InChI is InChI=1S/C10H6F3N5/c11-5-1-7(13)8(2-6(5)12)18-10(16)4(3-14)9(15)17-18/h1-2H,16H2,(H2,15,17). The number of rotatable bonds is 1. The van der Waals surface area contributed by atoms with Crippen LogP contribution in [0, 0.1) is 28.8 Å². The molecule has 4 N–H and O–H groups in total. The third-order valence-electron chi connectivity index (χ3n) is 2.28. The Bertz CT molecular complexity index is 671. The number of nitrogens with two attached hydrogens (primary N) is 2. The maximum Gasteiger partial charge on any atom is 0.166 e. The summed E-state index contributed by atoms with van der Waals surface area (Å²) >= 11 is 0. The van der Waals surface area contributed by atoms with Crippen molar-refractivity contribution in [3.8, 4) is 11.8 Å². The zero-order valence-corrected chi connectivity index (χ0v) is 8.78. The van der Waals surface area contributed by atoms with Gasteiger partial charge in [0, 0.05) is 12.1 Å². The van der Waals surface area contributed by atoms with E-state index in [0.29, 0.717) is 12.1 Å². The van der Waals surface area contributed by atoms with Crippen LogP contribution >= 0.6 is 0 Å². The van der Waals surface area contributed by atoms with E-state index >= 15 is 0 Å². The Morgan fingerprint density at radius 1 is 1.11 bits per heavy atom. The third-order valence-corrected chi connectivity index (χ3v) is 2.28. The number of hydrogen-bond acceptors (Lipinski definition) is 4. The fourth-order valence-electron chi connectivity index (χ4n) is 1.42. The molecule has 18 heavy (non-hydrogen) atoms. The van der Waals surface area contributed by atoms with E-state index in [2.05, 4.69) is 5.10 Å². The van der Waals surface area contributed by atoms with Gasteiger partial charge in [0.2, 0.25) is 0 Å². The van der Waals surface area contributed by atoms with Crippen molar-refractivity contribution >= 4 is 11.6 Å². The zero-order chi connectivity index (χ0) is 13.4. The second-order valence-corrected chi connectivity index (χ2v) is 3.39. The summed E-state index contributed by atoms with van der Waals surface area (Å²) < 4.78 is 40.1. The van der Waals surface area contributed by atoms with Crippen LogP contribution in [0.2, 0.25) is 0 Å². The van der Waals surface area contributed by atoms with Crippen LogP contribution < -0.4 is 11.5 Å². The van der Waals surface area contributed by atoms with E-state index in [0.717, 1.165) is 4.68 Å². The molecule has 0 radical (unpaired) electrons. The summed E-state index contributed by atoms with van der Waals surface area (Å²) in [5.74, 6) is -4.15. The first-order chi connectivity index (χ1) is 8.45. The van der Waals surface area contributed by atoms with Gasteiger partial charge in [0.15, 0.2) is 23.3 Å². The molecule has 1 aromatic heterocycles. The van der Waals surface area contributed by atoms with Gasteiger partial charge in [-0.25, -0.2) is 17.9 Å². The molecule has 1 heterocycles. The first kappa shape index (κ1) is 11.8. The molecule has 92 valence electrons. The van der Waals surface area contributed by atoms with Gasteiger partial charge < -0.3 is 11.5 Å². The van der Waals surface area contributed by atoms with Crippen LogP contribution in [0.3, 0.4) is 0 Å². The van der Waals surface area contributed by atoms with Crippen molar-refractivity contribution in [2.24, 2.45) is 0 Å². The number of nitrogen functional groups attached to an aromatic ring is 2. The summed E-state index contributed by atoms with van der Waals surface area (Å²) in [5.41, 5.74) is 10.3. The highest BCUT2D eigenvalue weighted by Crippen LogP contribution is 2.24. The van der Waals surface area contributed by atoms with Crippen LogP contribution in [-0.4, -0.2) is 9.78 Å². The summed E-state index contributed by atoms with van der Waals surface area (Å²) in [6.07, 6.45) is 0. The van der Waals surface area contributed by atoms with Gasteiger partial charge in [0.1, 0.15) is 23.1 Å². The number of benzene rings is 1. The van der Waals surface area contributed by atoms with Crippen molar-refractivity contribution < 1.29 is 13.2 Å². The SMILES string of the molecule is N#Cc1c(N)nn(-c2cc(F)c(F)cc2F)c1N. The van der Waals surface area contributed by atoms with Gasteiger partial charge in [-0.3, -0.25) is 0 Å². The maximum absolute atomic E-state index is 13.5. The number of hydrogen-bond donors (Lipinski definition) is 2. The molecule has 0 aliphatic rings. The average Bonchev–Trinajstić information content (AvgIpc) is 2.59. The van der Waals surface area contributed by atoms with Gasteiger partial charge in [-0.05, 0) is 0 Å². The molecule has 0 unspecified atom stereocenters. The minimum absolute atomic E-state index is 0.154. The Hall–Kier alpha value is -2.69. The van der Waals surface area contributed by atoms with Crippen molar-refractivity contribution in [1.29, 1.82) is 5.26 Å². The second-order valence-electron chi connectivity index (χ2n) is 3.39. The maximum atomic E-state index is 13.5. The molecule has 2 aromatic rings. The Balaban J connectivity index is 2.71. The summed E-state index contributed by atoms with van der Waals surface area (Å²) in [4.78, 5) is 0. The van der Waals surface area contributed by atoms with Gasteiger partial charge >= 0.3 is 0 Å². The molecule has 0 fully saturated rings. The van der Waals surface area contributed by atoms with Gasteiger partial charge in [-0.15, -0.1) is 5.10 Å². The largest absolute Gasteiger partial charge is 0.382 e. The van der Waals surface area contributed by atoms with Crippen molar-refractivity contribution in [2.75, 3.05) is 11.5 Å². The lowest BCUT2D eigenvalue weighted by atomic mass is 10.2. The number of nitrogens with zero attached hydrogens (tertiary/aromatic N) is 3. The molecule has 8 heteroatoms. The fraction of sp³-hybridized carbons (Fsp3) is 0. The van der Waals surface area contributed by atoms with Crippen LogP contribution in [0.1, 0.15) is 5.56 Å². The van der Waals surface area contributed by atoms with Crippen LogP contribution in [0.15, 0.2) is 12.1 Å². The highest BCUT2D eigenvalue weighted by molar-refractivity contribution is 5.64. The first-order valence-electron chi connectivity index (χ1n) is 4.64. The molecule has 0 atom stereocenters. The predicted octanol–water partition coefficient (Wildman–Crippen LogP) is 1.33. The molecule has 0 saturated carbocycles. The van der Waals surface area contributed by atoms with E-state index in [1.807, 2.05) is 0 Å². The molecule has 5 nitrogen and oxygen atoms in total. The van der Waals surface area contributed by atoms with Gasteiger partial charge in [0.25, 0.3) is 0 Å². The highest BCUT2D eigenvalue weighted by Gasteiger charge is 2.18. The quantitative estimate of drug-likeness (QED) is 0.749. The summed E-state index contributed by atoms with van der Waals surface area (Å²) in [6, 6.07) is 2.61. The monoisotopic (exact) mass is 253 g/mol.